The highest BCUT2D eigenvalue weighted by atomic mass is 16.3. The summed E-state index contributed by atoms with van der Waals surface area (Å²) in [5, 5.41) is 15.6. The van der Waals surface area contributed by atoms with Crippen LogP contribution in [0, 0.1) is 5.41 Å². The third-order valence-electron chi connectivity index (χ3n) is 9.60. The lowest BCUT2D eigenvalue weighted by atomic mass is 10.0. The van der Waals surface area contributed by atoms with E-state index in [2.05, 4.69) is 106 Å². The number of nitrogens with one attached hydrogen (secondary N) is 2. The molecule has 0 bridgehead atoms. The normalized spacial score (nSPS) is 12.2. The van der Waals surface area contributed by atoms with Crippen LogP contribution in [0.4, 0.5) is 0 Å². The molecule has 2 N–H and O–H groups in total. The quantitative estimate of drug-likeness (QED) is 0.148. The molecule has 10 aromatic rings. The molecule has 0 aliphatic carbocycles. The zero-order chi connectivity index (χ0) is 33.2. The van der Waals surface area contributed by atoms with Gasteiger partial charge in [0, 0.05) is 49.1 Å². The van der Waals surface area contributed by atoms with Gasteiger partial charge in [-0.25, -0.2) is 9.67 Å². The molecule has 50 heavy (non-hydrogen) atoms. The van der Waals surface area contributed by atoms with Crippen LogP contribution < -0.4 is 5.43 Å². The first-order valence-corrected chi connectivity index (χ1v) is 16.7. The number of fused-ring (bicyclic) bond motifs is 12. The monoisotopic (exact) mass is 643 g/mol. The Balaban J connectivity index is 1.39. The first-order valence-electron chi connectivity index (χ1n) is 16.7. The number of furan rings is 1. The van der Waals surface area contributed by atoms with E-state index in [-0.39, 0.29) is 5.84 Å². The number of nitrogens with zero attached hydrogens (tertiary/aromatic N) is 3. The maximum Gasteiger partial charge on any atom is 0.162 e. The summed E-state index contributed by atoms with van der Waals surface area (Å²) in [6, 6.07) is 55.6. The highest BCUT2D eigenvalue weighted by Gasteiger charge is 2.27. The largest absolute Gasteiger partial charge is 0.454 e. The molecule has 0 amide bonds. The van der Waals surface area contributed by atoms with E-state index < -0.39 is 0 Å². The summed E-state index contributed by atoms with van der Waals surface area (Å²) >= 11 is 0. The fraction of sp³-hybridized carbons (Fsp3) is 0. The predicted octanol–water partition coefficient (Wildman–Crippen LogP) is 10.8. The van der Waals surface area contributed by atoms with E-state index in [4.69, 9.17) is 14.8 Å². The Kier molecular flexibility index (Phi) is 6.23. The molecule has 0 aliphatic rings. The molecule has 0 aliphatic heterocycles. The average molecular weight is 644 g/mol. The minimum atomic E-state index is 0.165. The number of aromatic nitrogens is 2. The van der Waals surface area contributed by atoms with E-state index in [0.717, 1.165) is 82.4 Å². The van der Waals surface area contributed by atoms with Crippen molar-refractivity contribution in [3.63, 3.8) is 0 Å². The van der Waals surface area contributed by atoms with Gasteiger partial charge in [0.15, 0.2) is 17.3 Å². The molecule has 0 radical (unpaired) electrons. The summed E-state index contributed by atoms with van der Waals surface area (Å²) in [6.45, 7) is 0. The summed E-state index contributed by atoms with van der Waals surface area (Å²) in [6.07, 6.45) is 0. The first kappa shape index (κ1) is 28.1. The number of benzene rings is 7. The molecular formula is C44H29N5O. The molecule has 10 rings (SSSR count). The van der Waals surface area contributed by atoms with Gasteiger partial charge in [-0.15, -0.1) is 0 Å². The lowest BCUT2D eigenvalue weighted by molar-refractivity contribution is 0.671. The lowest BCUT2D eigenvalue weighted by Crippen LogP contribution is -2.25. The second-order valence-electron chi connectivity index (χ2n) is 12.4. The highest BCUT2D eigenvalue weighted by Crippen LogP contribution is 2.48. The first-order chi connectivity index (χ1) is 24.8. The van der Waals surface area contributed by atoms with Gasteiger partial charge < -0.3 is 8.98 Å². The summed E-state index contributed by atoms with van der Waals surface area (Å²) in [4.78, 5) is 4.92. The van der Waals surface area contributed by atoms with Gasteiger partial charge in [-0.05, 0) is 30.3 Å². The molecule has 0 spiro atoms. The van der Waals surface area contributed by atoms with Gasteiger partial charge in [-0.2, -0.15) is 0 Å². The molecule has 0 fully saturated rings. The van der Waals surface area contributed by atoms with Crippen molar-refractivity contribution >= 4 is 77.2 Å². The van der Waals surface area contributed by atoms with Crippen molar-refractivity contribution in [1.82, 2.24) is 9.24 Å². The average Bonchev–Trinajstić information content (AvgIpc) is 3.83. The summed E-state index contributed by atoms with van der Waals surface area (Å²) in [5.74, 6) is 0.716. The maximum atomic E-state index is 9.00. The summed E-state index contributed by atoms with van der Waals surface area (Å²) in [7, 11) is 0. The standard InChI is InChI=1S/C44H29N5O/c45-43(28-16-4-1-5-17-28)46-44(29-18-6-2-7-19-29)47-49-35-26-14-11-23-32(35)39-40-37(38-33-24-12-15-27-36(33)50-42(38)41(39)49)31-22-10-13-25-34(31)48(40)30-20-8-3-9-21-30/h1-27H,(H2,45,46,47). The molecule has 3 aromatic heterocycles. The molecule has 6 nitrogen and oxygen atoms in total. The van der Waals surface area contributed by atoms with Crippen LogP contribution in [0.5, 0.6) is 0 Å². The third kappa shape index (κ3) is 4.15. The number of hydrogen-bond acceptors (Lipinski definition) is 2. The van der Waals surface area contributed by atoms with E-state index in [1.807, 2.05) is 72.8 Å². The van der Waals surface area contributed by atoms with E-state index in [0.29, 0.717) is 5.84 Å². The molecule has 0 unspecified atom stereocenters. The summed E-state index contributed by atoms with van der Waals surface area (Å²) in [5.41, 5.74) is 12.1. The van der Waals surface area contributed by atoms with E-state index in [1.54, 1.807) is 0 Å². The molecule has 236 valence electrons. The van der Waals surface area contributed by atoms with E-state index >= 15 is 0 Å². The zero-order valence-electron chi connectivity index (χ0n) is 26.8. The van der Waals surface area contributed by atoms with Gasteiger partial charge in [0.2, 0.25) is 0 Å². The van der Waals surface area contributed by atoms with Crippen LogP contribution in [0.2, 0.25) is 0 Å². The van der Waals surface area contributed by atoms with Crippen molar-refractivity contribution in [2.45, 2.75) is 0 Å². The highest BCUT2D eigenvalue weighted by molar-refractivity contribution is 6.39. The van der Waals surface area contributed by atoms with E-state index in [1.165, 1.54) is 0 Å². The van der Waals surface area contributed by atoms with Gasteiger partial charge in [0.25, 0.3) is 0 Å². The van der Waals surface area contributed by atoms with Crippen molar-refractivity contribution in [3.05, 3.63) is 175 Å². The molecule has 0 saturated heterocycles. The Labute approximate surface area is 286 Å². The van der Waals surface area contributed by atoms with Crippen LogP contribution in [-0.2, 0) is 0 Å². The molecule has 0 atom stereocenters. The van der Waals surface area contributed by atoms with E-state index in [9.17, 15) is 0 Å². The molecule has 3 heterocycles. The van der Waals surface area contributed by atoms with Crippen LogP contribution in [-0.4, -0.2) is 20.9 Å². The fourth-order valence-corrected chi connectivity index (χ4v) is 7.47. The Hall–Kier alpha value is -6.92. The number of para-hydroxylation sites is 4. The van der Waals surface area contributed by atoms with Crippen LogP contribution in [0.25, 0.3) is 71.2 Å². The Morgan fingerprint density at radius 2 is 1.08 bits per heavy atom. The van der Waals surface area contributed by atoms with Gasteiger partial charge in [-0.1, -0.05) is 133 Å². The SMILES string of the molecule is N=C(N=C(Nn1c2ccccc2c2c1c1oc3ccccc3c1c1c3ccccc3n(-c3ccccc3)c12)c1ccccc1)c1ccccc1. The second-order valence-corrected chi connectivity index (χ2v) is 12.4. The smallest absolute Gasteiger partial charge is 0.162 e. The van der Waals surface area contributed by atoms with Crippen molar-refractivity contribution in [1.29, 1.82) is 5.41 Å². The summed E-state index contributed by atoms with van der Waals surface area (Å²) < 4.78 is 11.4. The molecule has 0 saturated carbocycles. The lowest BCUT2D eigenvalue weighted by Gasteiger charge is -2.15. The minimum Gasteiger partial charge on any atom is -0.454 e. The number of amidine groups is 2. The van der Waals surface area contributed by atoms with Gasteiger partial charge >= 0.3 is 0 Å². The van der Waals surface area contributed by atoms with Crippen molar-refractivity contribution in [3.8, 4) is 5.69 Å². The van der Waals surface area contributed by atoms with Crippen molar-refractivity contribution < 1.29 is 4.42 Å². The van der Waals surface area contributed by atoms with Gasteiger partial charge in [0.05, 0.1) is 16.6 Å². The Bertz CT molecular complexity index is 2950. The Morgan fingerprint density at radius 1 is 0.520 bits per heavy atom. The zero-order valence-corrected chi connectivity index (χ0v) is 26.8. The molecule has 6 heteroatoms. The minimum absolute atomic E-state index is 0.165. The Morgan fingerprint density at radius 3 is 1.80 bits per heavy atom. The van der Waals surface area contributed by atoms with Gasteiger partial charge in [-0.3, -0.25) is 10.8 Å². The maximum absolute atomic E-state index is 9.00. The van der Waals surface area contributed by atoms with Crippen LogP contribution >= 0.6 is 0 Å². The van der Waals surface area contributed by atoms with Gasteiger partial charge in [0.1, 0.15) is 11.1 Å². The predicted molar refractivity (Wildman–Crippen MR) is 207 cm³/mol. The van der Waals surface area contributed by atoms with Crippen LogP contribution in [0.3, 0.4) is 0 Å². The van der Waals surface area contributed by atoms with Crippen LogP contribution in [0.1, 0.15) is 11.1 Å². The van der Waals surface area contributed by atoms with Crippen molar-refractivity contribution in [2.75, 3.05) is 5.43 Å². The topological polar surface area (TPSA) is 71.2 Å². The number of rotatable bonds is 4. The van der Waals surface area contributed by atoms with Crippen LogP contribution in [0.15, 0.2) is 173 Å². The number of aliphatic imine (C=N–C) groups is 1. The van der Waals surface area contributed by atoms with Crippen molar-refractivity contribution in [2.24, 2.45) is 4.99 Å². The third-order valence-corrected chi connectivity index (χ3v) is 9.60. The molecule has 7 aromatic carbocycles. The number of hydrogen-bond donors (Lipinski definition) is 2. The fourth-order valence-electron chi connectivity index (χ4n) is 7.47. The second kappa shape index (κ2) is 11.1. The molecular weight excluding hydrogens is 615 g/mol.